The van der Waals surface area contributed by atoms with Gasteiger partial charge in [0.2, 0.25) is 0 Å². The maximum absolute atomic E-state index is 6.34. The van der Waals surface area contributed by atoms with Crippen molar-refractivity contribution in [2.24, 2.45) is 5.73 Å². The van der Waals surface area contributed by atoms with Crippen LogP contribution in [0.4, 0.5) is 0 Å². The van der Waals surface area contributed by atoms with Crippen molar-refractivity contribution in [3.8, 4) is 0 Å². The van der Waals surface area contributed by atoms with Crippen LogP contribution in [0.25, 0.3) is 10.8 Å². The number of benzene rings is 1. The molecule has 3 nitrogen and oxygen atoms in total. The highest BCUT2D eigenvalue weighted by molar-refractivity contribution is 5.85. The van der Waals surface area contributed by atoms with E-state index in [1.807, 2.05) is 18.5 Å². The SMILES string of the molecule is NC(CC1CCCO1)c1cccc2cnccc12. The lowest BCUT2D eigenvalue weighted by atomic mass is 9.96. The minimum Gasteiger partial charge on any atom is -0.378 e. The molecule has 0 aliphatic carbocycles. The minimum atomic E-state index is 0.0409. The van der Waals surface area contributed by atoms with Gasteiger partial charge in [0, 0.05) is 30.4 Å². The summed E-state index contributed by atoms with van der Waals surface area (Å²) < 4.78 is 5.66. The monoisotopic (exact) mass is 242 g/mol. The molecular weight excluding hydrogens is 224 g/mol. The summed E-state index contributed by atoms with van der Waals surface area (Å²) in [5.74, 6) is 0. The number of hydrogen-bond donors (Lipinski definition) is 1. The van der Waals surface area contributed by atoms with Gasteiger partial charge < -0.3 is 10.5 Å². The van der Waals surface area contributed by atoms with E-state index in [1.165, 1.54) is 10.9 Å². The predicted molar refractivity (Wildman–Crippen MR) is 72.3 cm³/mol. The van der Waals surface area contributed by atoms with Gasteiger partial charge in [0.25, 0.3) is 0 Å². The molecule has 0 radical (unpaired) electrons. The lowest BCUT2D eigenvalue weighted by Gasteiger charge is -2.18. The van der Waals surface area contributed by atoms with E-state index in [0.29, 0.717) is 6.10 Å². The fourth-order valence-electron chi connectivity index (χ4n) is 2.71. The van der Waals surface area contributed by atoms with Crippen LogP contribution in [0.1, 0.15) is 30.9 Å². The topological polar surface area (TPSA) is 48.1 Å². The Bertz CT molecular complexity index is 530. The summed E-state index contributed by atoms with van der Waals surface area (Å²) in [6.07, 6.45) is 7.25. The molecule has 2 unspecified atom stereocenters. The standard InChI is InChI=1S/C15H18N2O/c16-15(9-12-4-2-8-18-12)14-5-1-3-11-10-17-7-6-13(11)14/h1,3,5-7,10,12,15H,2,4,8-9,16H2. The molecule has 3 heteroatoms. The first-order valence-electron chi connectivity index (χ1n) is 6.54. The van der Waals surface area contributed by atoms with Crippen molar-refractivity contribution in [3.05, 3.63) is 42.2 Å². The smallest absolute Gasteiger partial charge is 0.0594 e. The molecule has 0 saturated carbocycles. The molecule has 18 heavy (non-hydrogen) atoms. The number of ether oxygens (including phenoxy) is 1. The first-order chi connectivity index (χ1) is 8.84. The zero-order valence-electron chi connectivity index (χ0n) is 10.4. The van der Waals surface area contributed by atoms with Crippen LogP contribution in [0.15, 0.2) is 36.7 Å². The Balaban J connectivity index is 1.88. The molecule has 0 spiro atoms. The summed E-state index contributed by atoms with van der Waals surface area (Å²) in [6, 6.07) is 8.32. The lowest BCUT2D eigenvalue weighted by Crippen LogP contribution is -2.18. The fourth-order valence-corrected chi connectivity index (χ4v) is 2.71. The predicted octanol–water partition coefficient (Wildman–Crippen LogP) is 2.80. The molecule has 94 valence electrons. The third kappa shape index (κ3) is 2.24. The van der Waals surface area contributed by atoms with E-state index in [2.05, 4.69) is 23.2 Å². The quantitative estimate of drug-likeness (QED) is 0.900. The molecule has 1 aromatic heterocycles. The summed E-state index contributed by atoms with van der Waals surface area (Å²) >= 11 is 0. The average Bonchev–Trinajstić information content (AvgIpc) is 2.91. The van der Waals surface area contributed by atoms with Gasteiger partial charge in [0.1, 0.15) is 0 Å². The summed E-state index contributed by atoms with van der Waals surface area (Å²) in [5.41, 5.74) is 7.54. The highest BCUT2D eigenvalue weighted by Crippen LogP contribution is 2.28. The maximum atomic E-state index is 6.34. The van der Waals surface area contributed by atoms with E-state index >= 15 is 0 Å². The molecule has 3 rings (SSSR count). The van der Waals surface area contributed by atoms with Gasteiger partial charge in [0.15, 0.2) is 0 Å². The van der Waals surface area contributed by atoms with Gasteiger partial charge in [0.05, 0.1) is 6.10 Å². The second-order valence-corrected chi connectivity index (χ2v) is 4.92. The Morgan fingerprint density at radius 1 is 1.39 bits per heavy atom. The molecule has 2 atom stereocenters. The Morgan fingerprint density at radius 2 is 2.33 bits per heavy atom. The van der Waals surface area contributed by atoms with Crippen LogP contribution >= 0.6 is 0 Å². The van der Waals surface area contributed by atoms with Crippen LogP contribution in [0.3, 0.4) is 0 Å². The molecule has 1 aromatic carbocycles. The van der Waals surface area contributed by atoms with Gasteiger partial charge >= 0.3 is 0 Å². The van der Waals surface area contributed by atoms with Crippen LogP contribution in [0.2, 0.25) is 0 Å². The molecule has 1 aliphatic rings. The first-order valence-corrected chi connectivity index (χ1v) is 6.54. The third-order valence-corrected chi connectivity index (χ3v) is 3.65. The largest absolute Gasteiger partial charge is 0.378 e. The van der Waals surface area contributed by atoms with E-state index < -0.39 is 0 Å². The zero-order chi connectivity index (χ0) is 12.4. The molecule has 1 saturated heterocycles. The molecule has 1 aliphatic heterocycles. The van der Waals surface area contributed by atoms with E-state index in [4.69, 9.17) is 10.5 Å². The second kappa shape index (κ2) is 5.04. The summed E-state index contributed by atoms with van der Waals surface area (Å²) in [4.78, 5) is 4.15. The van der Waals surface area contributed by atoms with E-state index in [1.54, 1.807) is 0 Å². The van der Waals surface area contributed by atoms with Gasteiger partial charge in [-0.3, -0.25) is 4.98 Å². The van der Waals surface area contributed by atoms with Crippen molar-refractivity contribution in [1.82, 2.24) is 4.98 Å². The van der Waals surface area contributed by atoms with E-state index in [0.717, 1.165) is 31.3 Å². The van der Waals surface area contributed by atoms with Crippen molar-refractivity contribution in [2.45, 2.75) is 31.4 Å². The van der Waals surface area contributed by atoms with Crippen molar-refractivity contribution in [3.63, 3.8) is 0 Å². The van der Waals surface area contributed by atoms with Crippen molar-refractivity contribution < 1.29 is 4.74 Å². The van der Waals surface area contributed by atoms with Gasteiger partial charge in [-0.25, -0.2) is 0 Å². The highest BCUT2D eigenvalue weighted by atomic mass is 16.5. The number of nitrogens with two attached hydrogens (primary N) is 1. The van der Waals surface area contributed by atoms with Crippen LogP contribution < -0.4 is 5.73 Å². The van der Waals surface area contributed by atoms with Crippen LogP contribution in [0, 0.1) is 0 Å². The maximum Gasteiger partial charge on any atom is 0.0594 e. The van der Waals surface area contributed by atoms with E-state index in [9.17, 15) is 0 Å². The van der Waals surface area contributed by atoms with Gasteiger partial charge in [-0.1, -0.05) is 18.2 Å². The number of aromatic nitrogens is 1. The molecule has 2 heterocycles. The average molecular weight is 242 g/mol. The molecule has 0 amide bonds. The summed E-state index contributed by atoms with van der Waals surface area (Å²) in [5, 5.41) is 2.36. The van der Waals surface area contributed by atoms with E-state index in [-0.39, 0.29) is 6.04 Å². The Kier molecular flexibility index (Phi) is 3.26. The summed E-state index contributed by atoms with van der Waals surface area (Å²) in [7, 11) is 0. The fraction of sp³-hybridized carbons (Fsp3) is 0.400. The van der Waals surface area contributed by atoms with Crippen LogP contribution in [0.5, 0.6) is 0 Å². The minimum absolute atomic E-state index is 0.0409. The van der Waals surface area contributed by atoms with Gasteiger partial charge in [-0.15, -0.1) is 0 Å². The molecule has 0 bridgehead atoms. The molecule has 2 N–H and O–H groups in total. The molecular formula is C15H18N2O. The van der Waals surface area contributed by atoms with Crippen LogP contribution in [-0.4, -0.2) is 17.7 Å². The van der Waals surface area contributed by atoms with Crippen molar-refractivity contribution in [2.75, 3.05) is 6.61 Å². The normalized spacial score (nSPS) is 21.3. The van der Waals surface area contributed by atoms with Gasteiger partial charge in [-0.05, 0) is 36.3 Å². The lowest BCUT2D eigenvalue weighted by molar-refractivity contribution is 0.0984. The number of pyridine rings is 1. The molecule has 1 fully saturated rings. The number of rotatable bonds is 3. The Labute approximate surface area is 107 Å². The van der Waals surface area contributed by atoms with Crippen molar-refractivity contribution >= 4 is 10.8 Å². The van der Waals surface area contributed by atoms with Crippen molar-refractivity contribution in [1.29, 1.82) is 0 Å². The zero-order valence-corrected chi connectivity index (χ0v) is 10.4. The summed E-state index contributed by atoms with van der Waals surface area (Å²) in [6.45, 7) is 0.886. The molecule has 2 aromatic rings. The number of nitrogens with zero attached hydrogens (tertiary/aromatic N) is 1. The number of hydrogen-bond acceptors (Lipinski definition) is 3. The third-order valence-electron chi connectivity index (χ3n) is 3.65. The second-order valence-electron chi connectivity index (χ2n) is 4.92. The Morgan fingerprint density at radius 3 is 3.17 bits per heavy atom. The van der Waals surface area contributed by atoms with Crippen LogP contribution in [-0.2, 0) is 4.74 Å². The Hall–Kier alpha value is -1.45. The van der Waals surface area contributed by atoms with Gasteiger partial charge in [-0.2, -0.15) is 0 Å². The number of fused-ring (bicyclic) bond motifs is 1. The first kappa shape index (κ1) is 11.6. The highest BCUT2D eigenvalue weighted by Gasteiger charge is 2.20.